The van der Waals surface area contributed by atoms with E-state index in [0.29, 0.717) is 0 Å². The molecule has 1 saturated heterocycles. The van der Waals surface area contributed by atoms with Crippen molar-refractivity contribution in [1.29, 1.82) is 0 Å². The number of nitrogens with zero attached hydrogens (tertiary/aromatic N) is 1. The van der Waals surface area contributed by atoms with Gasteiger partial charge in [0.25, 0.3) is 0 Å². The second-order valence-electron chi connectivity index (χ2n) is 6.86. The maximum absolute atomic E-state index is 12.9. The van der Waals surface area contributed by atoms with Gasteiger partial charge in [0.2, 0.25) is 5.91 Å². The molecule has 0 spiro atoms. The number of aliphatic hydroxyl groups is 1. The van der Waals surface area contributed by atoms with Crippen LogP contribution in [0.1, 0.15) is 43.7 Å². The molecule has 1 aliphatic heterocycles. The fraction of sp³-hybridized carbons (Fsp3) is 0.450. The van der Waals surface area contributed by atoms with Crippen molar-refractivity contribution in [3.63, 3.8) is 0 Å². The number of aliphatic hydroxyl groups excluding tert-OH is 1. The first kappa shape index (κ1) is 14.7. The summed E-state index contributed by atoms with van der Waals surface area (Å²) in [6.45, 7) is 0.815. The maximum atomic E-state index is 12.9. The molecule has 0 radical (unpaired) electrons. The summed E-state index contributed by atoms with van der Waals surface area (Å²) in [4.78, 5) is 15.0. The van der Waals surface area contributed by atoms with E-state index in [-0.39, 0.29) is 17.9 Å². The van der Waals surface area contributed by atoms with Gasteiger partial charge in [0.1, 0.15) is 0 Å². The Balaban J connectivity index is 1.68. The maximum Gasteiger partial charge on any atom is 0.228 e. The standard InChI is InChI=1S/C20H23NO2/c22-19-12-4-10-17(19)20(23)21-13-5-11-18(21)16-9-3-7-14-6-1-2-8-15(14)16/h1-3,6-9,17-19,22H,4-5,10-13H2. The lowest BCUT2D eigenvalue weighted by molar-refractivity contribution is -0.139. The molecule has 3 unspecified atom stereocenters. The topological polar surface area (TPSA) is 40.5 Å². The van der Waals surface area contributed by atoms with Crippen LogP contribution < -0.4 is 0 Å². The lowest BCUT2D eigenvalue weighted by Gasteiger charge is -2.29. The van der Waals surface area contributed by atoms with Crippen LogP contribution in [0.2, 0.25) is 0 Å². The average Bonchev–Trinajstić information content (AvgIpc) is 3.22. The molecule has 1 aliphatic carbocycles. The van der Waals surface area contributed by atoms with Gasteiger partial charge >= 0.3 is 0 Å². The minimum Gasteiger partial charge on any atom is -0.392 e. The van der Waals surface area contributed by atoms with Gasteiger partial charge in [0.05, 0.1) is 18.1 Å². The van der Waals surface area contributed by atoms with E-state index < -0.39 is 6.10 Å². The van der Waals surface area contributed by atoms with Gasteiger partial charge < -0.3 is 10.0 Å². The minimum atomic E-state index is -0.448. The molecule has 120 valence electrons. The summed E-state index contributed by atoms with van der Waals surface area (Å²) in [5.74, 6) is -0.0315. The lowest BCUT2D eigenvalue weighted by Crippen LogP contribution is -2.38. The first-order valence-corrected chi connectivity index (χ1v) is 8.72. The Bertz CT molecular complexity index is 721. The molecule has 0 aromatic heterocycles. The molecule has 2 aliphatic rings. The van der Waals surface area contributed by atoms with Crippen LogP contribution in [0.5, 0.6) is 0 Å². The number of carbonyl (C=O) groups excluding carboxylic acids is 1. The van der Waals surface area contributed by atoms with Gasteiger partial charge in [-0.3, -0.25) is 4.79 Å². The van der Waals surface area contributed by atoms with Crippen LogP contribution in [-0.2, 0) is 4.79 Å². The highest BCUT2D eigenvalue weighted by Gasteiger charge is 2.39. The molecule has 3 heteroatoms. The summed E-state index contributed by atoms with van der Waals surface area (Å²) in [5.41, 5.74) is 1.25. The van der Waals surface area contributed by atoms with Crippen LogP contribution in [0.4, 0.5) is 0 Å². The number of benzene rings is 2. The van der Waals surface area contributed by atoms with Crippen molar-refractivity contribution < 1.29 is 9.90 Å². The quantitative estimate of drug-likeness (QED) is 0.919. The van der Waals surface area contributed by atoms with Crippen LogP contribution in [0, 0.1) is 5.92 Å². The number of fused-ring (bicyclic) bond motifs is 1. The van der Waals surface area contributed by atoms with Crippen LogP contribution in [0.15, 0.2) is 42.5 Å². The second kappa shape index (κ2) is 5.97. The van der Waals surface area contributed by atoms with E-state index in [1.54, 1.807) is 0 Å². The fourth-order valence-electron chi connectivity index (χ4n) is 4.34. The summed E-state index contributed by atoms with van der Waals surface area (Å²) in [7, 11) is 0. The zero-order valence-corrected chi connectivity index (χ0v) is 13.3. The fourth-order valence-corrected chi connectivity index (χ4v) is 4.34. The Morgan fingerprint density at radius 3 is 2.65 bits per heavy atom. The zero-order valence-electron chi connectivity index (χ0n) is 13.3. The van der Waals surface area contributed by atoms with Crippen molar-refractivity contribution in [1.82, 2.24) is 4.90 Å². The molecule has 4 rings (SSSR count). The van der Waals surface area contributed by atoms with E-state index >= 15 is 0 Å². The predicted molar refractivity (Wildman–Crippen MR) is 91.0 cm³/mol. The third kappa shape index (κ3) is 2.53. The average molecular weight is 309 g/mol. The van der Waals surface area contributed by atoms with Crippen molar-refractivity contribution in [2.45, 2.75) is 44.2 Å². The Morgan fingerprint density at radius 1 is 1.00 bits per heavy atom. The third-order valence-electron chi connectivity index (χ3n) is 5.51. The molecule has 23 heavy (non-hydrogen) atoms. The SMILES string of the molecule is O=C(C1CCCC1O)N1CCCC1c1cccc2ccccc12. The largest absolute Gasteiger partial charge is 0.392 e. The Hall–Kier alpha value is -1.87. The molecule has 1 amide bonds. The van der Waals surface area contributed by atoms with Crippen molar-refractivity contribution in [3.05, 3.63) is 48.0 Å². The van der Waals surface area contributed by atoms with Gasteiger partial charge in [-0.1, -0.05) is 42.5 Å². The Kier molecular flexibility index (Phi) is 3.82. The zero-order chi connectivity index (χ0) is 15.8. The summed E-state index contributed by atoms with van der Waals surface area (Å²) >= 11 is 0. The minimum absolute atomic E-state index is 0.154. The van der Waals surface area contributed by atoms with Gasteiger partial charge in [0.15, 0.2) is 0 Å². The van der Waals surface area contributed by atoms with Crippen LogP contribution in [0.3, 0.4) is 0 Å². The first-order chi connectivity index (χ1) is 11.3. The molecular formula is C20H23NO2. The number of likely N-dealkylation sites (tertiary alicyclic amines) is 1. The molecule has 2 fully saturated rings. The molecule has 0 bridgehead atoms. The number of hydrogen-bond donors (Lipinski definition) is 1. The highest BCUT2D eigenvalue weighted by molar-refractivity contribution is 5.87. The van der Waals surface area contributed by atoms with E-state index in [2.05, 4.69) is 42.5 Å². The van der Waals surface area contributed by atoms with Crippen molar-refractivity contribution in [3.8, 4) is 0 Å². The molecule has 1 heterocycles. The Labute approximate surface area is 136 Å². The molecule has 2 aromatic rings. The number of rotatable bonds is 2. The summed E-state index contributed by atoms with van der Waals surface area (Å²) < 4.78 is 0. The van der Waals surface area contributed by atoms with Gasteiger partial charge in [-0.15, -0.1) is 0 Å². The van der Waals surface area contributed by atoms with E-state index in [4.69, 9.17) is 0 Å². The first-order valence-electron chi connectivity index (χ1n) is 8.72. The van der Waals surface area contributed by atoms with Crippen molar-refractivity contribution in [2.24, 2.45) is 5.92 Å². The van der Waals surface area contributed by atoms with Gasteiger partial charge in [-0.2, -0.15) is 0 Å². The molecule has 1 saturated carbocycles. The monoisotopic (exact) mass is 309 g/mol. The second-order valence-corrected chi connectivity index (χ2v) is 6.86. The summed E-state index contributed by atoms with van der Waals surface area (Å²) in [6.07, 6.45) is 4.17. The van der Waals surface area contributed by atoms with Gasteiger partial charge in [0, 0.05) is 6.54 Å². The highest BCUT2D eigenvalue weighted by Crippen LogP contribution is 2.38. The van der Waals surface area contributed by atoms with Gasteiger partial charge in [-0.25, -0.2) is 0 Å². The smallest absolute Gasteiger partial charge is 0.228 e. The third-order valence-corrected chi connectivity index (χ3v) is 5.51. The highest BCUT2D eigenvalue weighted by atomic mass is 16.3. The normalized spacial score (nSPS) is 27.7. The molecule has 2 aromatic carbocycles. The molecule has 3 atom stereocenters. The van der Waals surface area contributed by atoms with Crippen molar-refractivity contribution >= 4 is 16.7 Å². The van der Waals surface area contributed by atoms with E-state index in [9.17, 15) is 9.90 Å². The van der Waals surface area contributed by atoms with Crippen molar-refractivity contribution in [2.75, 3.05) is 6.54 Å². The van der Waals surface area contributed by atoms with Crippen LogP contribution >= 0.6 is 0 Å². The number of amides is 1. The molecule has 1 N–H and O–H groups in total. The summed E-state index contributed by atoms with van der Waals surface area (Å²) in [5, 5.41) is 12.6. The number of hydrogen-bond acceptors (Lipinski definition) is 2. The van der Waals surface area contributed by atoms with E-state index in [1.807, 2.05) is 4.90 Å². The van der Waals surface area contributed by atoms with Gasteiger partial charge in [-0.05, 0) is 48.4 Å². The van der Waals surface area contributed by atoms with E-state index in [1.165, 1.54) is 16.3 Å². The molecular weight excluding hydrogens is 286 g/mol. The number of carbonyl (C=O) groups is 1. The van der Waals surface area contributed by atoms with E-state index in [0.717, 1.165) is 38.6 Å². The Morgan fingerprint density at radius 2 is 1.83 bits per heavy atom. The molecule has 3 nitrogen and oxygen atoms in total. The predicted octanol–water partition coefficient (Wildman–Crippen LogP) is 3.66. The van der Waals surface area contributed by atoms with Crippen LogP contribution in [-0.4, -0.2) is 28.6 Å². The van der Waals surface area contributed by atoms with Crippen LogP contribution in [0.25, 0.3) is 10.8 Å². The summed E-state index contributed by atoms with van der Waals surface area (Å²) in [6, 6.07) is 14.9. The lowest BCUT2D eigenvalue weighted by atomic mass is 9.96.